The van der Waals surface area contributed by atoms with Crippen LogP contribution in [0.5, 0.6) is 0 Å². The van der Waals surface area contributed by atoms with Gasteiger partial charge in [-0.1, -0.05) is 25.1 Å². The second-order valence-electron chi connectivity index (χ2n) is 3.58. The van der Waals surface area contributed by atoms with E-state index in [4.69, 9.17) is 0 Å². The lowest BCUT2D eigenvalue weighted by atomic mass is 10.1. The van der Waals surface area contributed by atoms with Crippen LogP contribution in [0, 0.1) is 10.1 Å². The Kier molecular flexibility index (Phi) is 4.24. The molecule has 0 heterocycles. The largest absolute Gasteiger partial charge is 0.310 e. The summed E-state index contributed by atoms with van der Waals surface area (Å²) >= 11 is 0. The Hall–Kier alpha value is -1.42. The number of hydrogen-bond donors (Lipinski definition) is 1. The van der Waals surface area contributed by atoms with Gasteiger partial charge in [0.1, 0.15) is 0 Å². The van der Waals surface area contributed by atoms with E-state index >= 15 is 0 Å². The minimum atomic E-state index is -0.340. The normalized spacial score (nSPS) is 12.4. The van der Waals surface area contributed by atoms with Gasteiger partial charge in [-0.2, -0.15) is 0 Å². The molecule has 1 rings (SSSR count). The maximum atomic E-state index is 10.7. The van der Waals surface area contributed by atoms with Gasteiger partial charge in [0.2, 0.25) is 0 Å². The molecule has 1 unspecified atom stereocenters. The third kappa shape index (κ3) is 3.32. The first-order valence-electron chi connectivity index (χ1n) is 5.10. The van der Waals surface area contributed by atoms with Gasteiger partial charge in [0.15, 0.2) is 0 Å². The first-order chi connectivity index (χ1) is 7.15. The smallest absolute Gasteiger partial charge is 0.273 e. The summed E-state index contributed by atoms with van der Waals surface area (Å²) in [4.78, 5) is 10.4. The Labute approximate surface area is 89.5 Å². The van der Waals surface area contributed by atoms with E-state index in [9.17, 15) is 10.1 Å². The summed E-state index contributed by atoms with van der Waals surface area (Å²) in [5.41, 5.74) is 0.927. The first kappa shape index (κ1) is 11.7. The molecule has 0 spiro atoms. The number of rotatable bonds is 5. The van der Waals surface area contributed by atoms with Gasteiger partial charge in [-0.15, -0.1) is 0 Å². The predicted molar refractivity (Wildman–Crippen MR) is 59.7 cm³/mol. The van der Waals surface area contributed by atoms with Crippen LogP contribution in [0.15, 0.2) is 24.3 Å². The molecule has 0 aromatic heterocycles. The number of nitrogens with one attached hydrogen (secondary N) is 1. The monoisotopic (exact) mass is 208 g/mol. The molecule has 0 saturated carbocycles. The molecule has 1 atom stereocenters. The molecule has 1 aromatic rings. The molecular formula is C11H16N2O2. The molecule has 15 heavy (non-hydrogen) atoms. The molecule has 1 N–H and O–H groups in total. The summed E-state index contributed by atoms with van der Waals surface area (Å²) in [5.74, 6) is 0. The Morgan fingerprint density at radius 2 is 2.13 bits per heavy atom. The lowest BCUT2D eigenvalue weighted by Crippen LogP contribution is -2.24. The van der Waals surface area contributed by atoms with Crippen molar-refractivity contribution in [1.82, 2.24) is 5.32 Å². The van der Waals surface area contributed by atoms with E-state index in [1.54, 1.807) is 12.1 Å². The molecule has 0 fully saturated rings. The van der Waals surface area contributed by atoms with E-state index < -0.39 is 0 Å². The second-order valence-corrected chi connectivity index (χ2v) is 3.58. The summed E-state index contributed by atoms with van der Waals surface area (Å²) in [6, 6.07) is 7.21. The van der Waals surface area contributed by atoms with Crippen molar-refractivity contribution in [3.63, 3.8) is 0 Å². The molecule has 0 amide bonds. The molecule has 0 aliphatic heterocycles. The van der Waals surface area contributed by atoms with Gasteiger partial charge in [-0.3, -0.25) is 10.1 Å². The zero-order valence-corrected chi connectivity index (χ0v) is 9.06. The Morgan fingerprint density at radius 3 is 2.73 bits per heavy atom. The average molecular weight is 208 g/mol. The summed E-state index contributed by atoms with van der Waals surface area (Å²) in [7, 11) is 0. The summed E-state index contributed by atoms with van der Waals surface area (Å²) in [5, 5.41) is 14.0. The van der Waals surface area contributed by atoms with Crippen LogP contribution in [0.25, 0.3) is 0 Å². The minimum absolute atomic E-state index is 0.188. The Morgan fingerprint density at radius 1 is 1.47 bits per heavy atom. The quantitative estimate of drug-likeness (QED) is 0.597. The van der Waals surface area contributed by atoms with Crippen molar-refractivity contribution in [3.05, 3.63) is 39.9 Å². The van der Waals surface area contributed by atoms with Crippen LogP contribution in [0.4, 0.5) is 5.69 Å². The maximum absolute atomic E-state index is 10.7. The van der Waals surface area contributed by atoms with Crippen molar-refractivity contribution in [3.8, 4) is 0 Å². The lowest BCUT2D eigenvalue weighted by molar-refractivity contribution is -0.385. The number of hydrogen-bond acceptors (Lipinski definition) is 3. The summed E-state index contributed by atoms with van der Waals surface area (Å²) < 4.78 is 0. The predicted octanol–water partition coefficient (Wildman–Crippen LogP) is 2.48. The van der Waals surface area contributed by atoms with Crippen LogP contribution in [0.1, 0.15) is 25.8 Å². The highest BCUT2D eigenvalue weighted by Gasteiger charge is 2.11. The van der Waals surface area contributed by atoms with E-state index in [1.165, 1.54) is 6.07 Å². The van der Waals surface area contributed by atoms with Crippen LogP contribution in [-0.2, 0) is 6.54 Å². The van der Waals surface area contributed by atoms with Gasteiger partial charge in [0.05, 0.1) is 4.92 Å². The van der Waals surface area contributed by atoms with Crippen LogP contribution >= 0.6 is 0 Å². The Bertz CT molecular complexity index is 339. The molecule has 0 bridgehead atoms. The van der Waals surface area contributed by atoms with Gasteiger partial charge in [-0.25, -0.2) is 0 Å². The van der Waals surface area contributed by atoms with Crippen molar-refractivity contribution in [2.24, 2.45) is 0 Å². The number of para-hydroxylation sites is 1. The van der Waals surface area contributed by atoms with Crippen LogP contribution in [-0.4, -0.2) is 11.0 Å². The Balaban J connectivity index is 2.72. The number of nitro groups is 1. The molecule has 82 valence electrons. The molecule has 0 aliphatic carbocycles. The highest BCUT2D eigenvalue weighted by atomic mass is 16.6. The molecule has 4 nitrogen and oxygen atoms in total. The maximum Gasteiger partial charge on any atom is 0.273 e. The standard InChI is InChI=1S/C11H16N2O2/c1-3-9(2)12-8-10-6-4-5-7-11(10)13(14)15/h4-7,9,12H,3,8H2,1-2H3. The number of nitrogens with zero attached hydrogens (tertiary/aromatic N) is 1. The van der Waals surface area contributed by atoms with Gasteiger partial charge in [0, 0.05) is 24.2 Å². The zero-order chi connectivity index (χ0) is 11.3. The van der Waals surface area contributed by atoms with Gasteiger partial charge < -0.3 is 5.32 Å². The SMILES string of the molecule is CCC(C)NCc1ccccc1[N+](=O)[O-]. The van der Waals surface area contributed by atoms with E-state index in [-0.39, 0.29) is 10.6 Å². The highest BCUT2D eigenvalue weighted by Crippen LogP contribution is 2.17. The number of nitro benzene ring substituents is 1. The fraction of sp³-hybridized carbons (Fsp3) is 0.455. The van der Waals surface area contributed by atoms with Gasteiger partial charge in [-0.05, 0) is 13.3 Å². The fourth-order valence-corrected chi connectivity index (χ4v) is 1.27. The van der Waals surface area contributed by atoms with Gasteiger partial charge in [0.25, 0.3) is 5.69 Å². The number of benzene rings is 1. The molecule has 0 aliphatic rings. The summed E-state index contributed by atoms with van der Waals surface area (Å²) in [6.07, 6.45) is 1.01. The third-order valence-electron chi connectivity index (χ3n) is 2.44. The van der Waals surface area contributed by atoms with Crippen LogP contribution < -0.4 is 5.32 Å². The van der Waals surface area contributed by atoms with Crippen molar-refractivity contribution in [2.45, 2.75) is 32.9 Å². The van der Waals surface area contributed by atoms with Crippen molar-refractivity contribution >= 4 is 5.69 Å². The minimum Gasteiger partial charge on any atom is -0.310 e. The molecule has 0 radical (unpaired) electrons. The molecule has 4 heteroatoms. The zero-order valence-electron chi connectivity index (χ0n) is 9.06. The highest BCUT2D eigenvalue weighted by molar-refractivity contribution is 5.39. The fourth-order valence-electron chi connectivity index (χ4n) is 1.27. The molecular weight excluding hydrogens is 192 g/mol. The van der Waals surface area contributed by atoms with E-state index in [0.29, 0.717) is 12.6 Å². The van der Waals surface area contributed by atoms with Crippen molar-refractivity contribution in [2.75, 3.05) is 0 Å². The second kappa shape index (κ2) is 5.46. The average Bonchev–Trinajstić information content (AvgIpc) is 2.26. The molecule has 1 aromatic carbocycles. The lowest BCUT2D eigenvalue weighted by Gasteiger charge is -2.10. The van der Waals surface area contributed by atoms with Crippen LogP contribution in [0.3, 0.4) is 0 Å². The third-order valence-corrected chi connectivity index (χ3v) is 2.44. The van der Waals surface area contributed by atoms with E-state index in [0.717, 1.165) is 12.0 Å². The van der Waals surface area contributed by atoms with Crippen molar-refractivity contribution < 1.29 is 4.92 Å². The van der Waals surface area contributed by atoms with Crippen LogP contribution in [0.2, 0.25) is 0 Å². The molecule has 0 saturated heterocycles. The van der Waals surface area contributed by atoms with E-state index in [1.807, 2.05) is 6.07 Å². The summed E-state index contributed by atoms with van der Waals surface area (Å²) in [6.45, 7) is 4.69. The topological polar surface area (TPSA) is 55.2 Å². The van der Waals surface area contributed by atoms with Crippen molar-refractivity contribution in [1.29, 1.82) is 0 Å². The van der Waals surface area contributed by atoms with E-state index in [2.05, 4.69) is 19.2 Å². The first-order valence-corrected chi connectivity index (χ1v) is 5.10. The van der Waals surface area contributed by atoms with Gasteiger partial charge >= 0.3 is 0 Å².